The number of pyridine rings is 1. The van der Waals surface area contributed by atoms with Crippen LogP contribution < -0.4 is 5.32 Å². The van der Waals surface area contributed by atoms with Gasteiger partial charge in [-0.25, -0.2) is 0 Å². The topological polar surface area (TPSA) is 54.4 Å². The Balaban J connectivity index is 0.00000265. The van der Waals surface area contributed by atoms with E-state index in [0.717, 1.165) is 23.3 Å². The van der Waals surface area contributed by atoms with Crippen LogP contribution in [0.4, 0.5) is 0 Å². The summed E-state index contributed by atoms with van der Waals surface area (Å²) in [4.78, 5) is 20.9. The van der Waals surface area contributed by atoms with Crippen LogP contribution in [0.25, 0.3) is 5.57 Å². The maximum absolute atomic E-state index is 12.4. The summed E-state index contributed by atoms with van der Waals surface area (Å²) in [6.45, 7) is 17.9. The zero-order valence-corrected chi connectivity index (χ0v) is 21.1. The number of hydrogen-bond acceptors (Lipinski definition) is 3. The number of aliphatic imine (C=N–C) groups is 1. The quantitative estimate of drug-likeness (QED) is 0.342. The van der Waals surface area contributed by atoms with Gasteiger partial charge >= 0.3 is 0 Å². The summed E-state index contributed by atoms with van der Waals surface area (Å²) in [7, 11) is 0. The number of carbonyl (C=O) groups excluding carboxylic acids is 1. The summed E-state index contributed by atoms with van der Waals surface area (Å²) >= 11 is 0. The highest BCUT2D eigenvalue weighted by atomic mass is 16.1. The summed E-state index contributed by atoms with van der Waals surface area (Å²) < 4.78 is 0. The molecule has 0 radical (unpaired) electrons. The summed E-state index contributed by atoms with van der Waals surface area (Å²) in [6, 6.07) is 8.12. The van der Waals surface area contributed by atoms with Gasteiger partial charge in [-0.1, -0.05) is 50.8 Å². The average Bonchev–Trinajstić information content (AvgIpc) is 2.82. The van der Waals surface area contributed by atoms with E-state index in [4.69, 9.17) is 0 Å². The van der Waals surface area contributed by atoms with Crippen LogP contribution in [0.2, 0.25) is 0 Å². The van der Waals surface area contributed by atoms with E-state index < -0.39 is 0 Å². The molecule has 0 unspecified atom stereocenters. The monoisotopic (exact) mass is 443 g/mol. The van der Waals surface area contributed by atoms with Gasteiger partial charge in [0, 0.05) is 35.6 Å². The second kappa shape index (κ2) is 14.5. The molecule has 0 spiro atoms. The fourth-order valence-electron chi connectivity index (χ4n) is 3.15. The Morgan fingerprint density at radius 2 is 1.85 bits per heavy atom. The summed E-state index contributed by atoms with van der Waals surface area (Å²) in [6.07, 6.45) is 13.7. The molecule has 1 N–H and O–H groups in total. The number of benzene rings is 1. The predicted octanol–water partition coefficient (Wildman–Crippen LogP) is 7.36. The lowest BCUT2D eigenvalue weighted by molar-refractivity contribution is 0.0966. The number of allylic oxidation sites excluding steroid dienone is 5. The zero-order valence-electron chi connectivity index (χ0n) is 21.1. The number of rotatable bonds is 8. The molecule has 0 atom stereocenters. The van der Waals surface area contributed by atoms with Crippen molar-refractivity contribution in [2.75, 3.05) is 0 Å². The normalized spacial score (nSPS) is 12.0. The molecule has 0 saturated carbocycles. The Morgan fingerprint density at radius 1 is 1.12 bits per heavy atom. The largest absolute Gasteiger partial charge is 0.323 e. The number of aromatic nitrogens is 1. The van der Waals surface area contributed by atoms with Crippen LogP contribution in [0.15, 0.2) is 84.4 Å². The first-order chi connectivity index (χ1) is 15.9. The van der Waals surface area contributed by atoms with Crippen LogP contribution in [0, 0.1) is 13.8 Å². The lowest BCUT2D eigenvalue weighted by atomic mass is 9.94. The second-order valence-corrected chi connectivity index (χ2v) is 7.32. The van der Waals surface area contributed by atoms with Crippen LogP contribution in [-0.4, -0.2) is 16.6 Å². The lowest BCUT2D eigenvalue weighted by Gasteiger charge is -2.12. The van der Waals surface area contributed by atoms with Gasteiger partial charge in [-0.05, 0) is 87.1 Å². The molecule has 4 nitrogen and oxygen atoms in total. The predicted molar refractivity (Wildman–Crippen MR) is 143 cm³/mol. The molecule has 174 valence electrons. The van der Waals surface area contributed by atoms with E-state index in [9.17, 15) is 4.79 Å². The first-order valence-electron chi connectivity index (χ1n) is 11.4. The van der Waals surface area contributed by atoms with E-state index in [1.54, 1.807) is 18.5 Å². The summed E-state index contributed by atoms with van der Waals surface area (Å²) in [5, 5.41) is 2.83. The minimum Gasteiger partial charge on any atom is -0.323 e. The van der Waals surface area contributed by atoms with E-state index in [2.05, 4.69) is 53.1 Å². The van der Waals surface area contributed by atoms with Crippen LogP contribution in [0.1, 0.15) is 73.7 Å². The van der Waals surface area contributed by atoms with Crippen molar-refractivity contribution >= 4 is 17.2 Å². The first kappa shape index (κ1) is 27.5. The molecule has 33 heavy (non-hydrogen) atoms. The van der Waals surface area contributed by atoms with Crippen LogP contribution in [-0.2, 0) is 0 Å². The van der Waals surface area contributed by atoms with Gasteiger partial charge in [0.1, 0.15) is 0 Å². The van der Waals surface area contributed by atoms with Gasteiger partial charge in [0.15, 0.2) is 0 Å². The van der Waals surface area contributed by atoms with Gasteiger partial charge in [-0.2, -0.15) is 0 Å². The number of nitrogens with zero attached hydrogens (tertiary/aromatic N) is 2. The molecule has 0 aliphatic carbocycles. The molecule has 1 aromatic carbocycles. The molecule has 0 saturated heterocycles. The molecular formula is C29H37N3O. The highest BCUT2D eigenvalue weighted by Gasteiger charge is 2.09. The molecule has 2 rings (SSSR count). The Labute approximate surface area is 199 Å². The molecule has 1 amide bonds. The van der Waals surface area contributed by atoms with Crippen molar-refractivity contribution in [2.45, 2.75) is 54.9 Å². The number of carbonyl (C=O) groups is 1. The summed E-state index contributed by atoms with van der Waals surface area (Å²) in [5.74, 6) is -0.180. The maximum Gasteiger partial charge on any atom is 0.256 e. The van der Waals surface area contributed by atoms with Gasteiger partial charge < -0.3 is 5.32 Å². The van der Waals surface area contributed by atoms with Crippen LogP contribution >= 0.6 is 0 Å². The molecule has 4 heteroatoms. The highest BCUT2D eigenvalue weighted by Crippen LogP contribution is 2.24. The zero-order chi connectivity index (χ0) is 24.8. The molecule has 0 aliphatic heterocycles. The minimum atomic E-state index is -0.180. The number of aryl methyl sites for hydroxylation is 2. The van der Waals surface area contributed by atoms with E-state index in [1.807, 2.05) is 66.0 Å². The maximum atomic E-state index is 12.4. The van der Waals surface area contributed by atoms with Crippen molar-refractivity contribution in [3.63, 3.8) is 0 Å². The summed E-state index contributed by atoms with van der Waals surface area (Å²) in [5.41, 5.74) is 7.68. The van der Waals surface area contributed by atoms with E-state index in [0.29, 0.717) is 11.3 Å². The van der Waals surface area contributed by atoms with Crippen LogP contribution in [0.5, 0.6) is 0 Å². The number of nitrogens with one attached hydrogen (secondary N) is 1. The molecule has 1 aromatic heterocycles. The van der Waals surface area contributed by atoms with Gasteiger partial charge in [0.25, 0.3) is 5.91 Å². The standard InChI is InChI=1S/C27H31N3O.C2H6/c1-7-15-29-22(6)24-13-12-19(3)26(17-24)23(8-2)11-9-10-21(5)30-27(31)25-14-16-28-18-20(25)4;1-2/h7-10,12-18H,5,11H2,1-4,6H3,(H,30,31);1-2H3/b10-9-,15-7-,23-8+,29-22?;. The van der Waals surface area contributed by atoms with E-state index in [1.165, 1.54) is 16.7 Å². The molecule has 0 aliphatic rings. The third-order valence-electron chi connectivity index (χ3n) is 4.96. The molecule has 1 heterocycles. The van der Waals surface area contributed by atoms with Crippen molar-refractivity contribution in [3.05, 3.63) is 107 Å². The third-order valence-corrected chi connectivity index (χ3v) is 4.96. The second-order valence-electron chi connectivity index (χ2n) is 7.32. The number of amides is 1. The molecule has 0 fully saturated rings. The van der Waals surface area contributed by atoms with Gasteiger partial charge in [-0.15, -0.1) is 0 Å². The minimum absolute atomic E-state index is 0.180. The Bertz CT molecular complexity index is 1070. The van der Waals surface area contributed by atoms with Crippen molar-refractivity contribution in [1.82, 2.24) is 10.3 Å². The van der Waals surface area contributed by atoms with E-state index >= 15 is 0 Å². The third kappa shape index (κ3) is 8.49. The Morgan fingerprint density at radius 3 is 2.48 bits per heavy atom. The van der Waals surface area contributed by atoms with Crippen molar-refractivity contribution < 1.29 is 4.79 Å². The highest BCUT2D eigenvalue weighted by molar-refractivity contribution is 6.00. The lowest BCUT2D eigenvalue weighted by Crippen LogP contribution is -2.22. The van der Waals surface area contributed by atoms with Crippen molar-refractivity contribution in [3.8, 4) is 0 Å². The molecule has 2 aromatic rings. The van der Waals surface area contributed by atoms with Gasteiger partial charge in [0.2, 0.25) is 0 Å². The van der Waals surface area contributed by atoms with Crippen molar-refractivity contribution in [1.29, 1.82) is 0 Å². The van der Waals surface area contributed by atoms with Gasteiger partial charge in [0.05, 0.1) is 0 Å². The smallest absolute Gasteiger partial charge is 0.256 e. The Hall–Kier alpha value is -3.53. The van der Waals surface area contributed by atoms with Crippen LogP contribution in [0.3, 0.4) is 0 Å². The Kier molecular flexibility index (Phi) is 12.1. The van der Waals surface area contributed by atoms with E-state index in [-0.39, 0.29) is 5.91 Å². The number of hydrogen-bond donors (Lipinski definition) is 1. The van der Waals surface area contributed by atoms with Crippen molar-refractivity contribution in [2.24, 2.45) is 4.99 Å². The fourth-order valence-corrected chi connectivity index (χ4v) is 3.15. The average molecular weight is 444 g/mol. The van der Waals surface area contributed by atoms with Gasteiger partial charge in [-0.3, -0.25) is 14.8 Å². The first-order valence-corrected chi connectivity index (χ1v) is 11.4. The SMILES string of the molecule is C=C(/C=C\C/C(=C\C)c1cc(C(C)=N/C=C\C)ccc1C)NC(=O)c1ccncc1C.CC. The molecular weight excluding hydrogens is 406 g/mol. The fraction of sp³-hybridized carbons (Fsp3) is 0.276. The molecule has 0 bridgehead atoms.